The van der Waals surface area contributed by atoms with Crippen molar-refractivity contribution in [2.75, 3.05) is 5.32 Å². The Bertz CT molecular complexity index is 1110. The maximum atomic E-state index is 13.2. The minimum atomic E-state index is -1.21. The van der Waals surface area contributed by atoms with E-state index >= 15 is 0 Å². The Kier molecular flexibility index (Phi) is 4.67. The molecule has 0 spiro atoms. The molecular weight excluding hydrogens is 375 g/mol. The maximum Gasteiger partial charge on any atom is 0.328 e. The predicted octanol–water partition coefficient (Wildman–Crippen LogP) is 1.11. The second-order valence-electron chi connectivity index (χ2n) is 4.95. The molecule has 0 atom stereocenters. The minimum absolute atomic E-state index is 0.0349. The van der Waals surface area contributed by atoms with Crippen molar-refractivity contribution in [2.24, 2.45) is 0 Å². The van der Waals surface area contributed by atoms with Crippen molar-refractivity contribution in [1.82, 2.24) is 19.7 Å². The van der Waals surface area contributed by atoms with Crippen LogP contribution >= 0.6 is 11.3 Å². The van der Waals surface area contributed by atoms with Crippen molar-refractivity contribution in [3.63, 3.8) is 0 Å². The van der Waals surface area contributed by atoms with Gasteiger partial charge in [0.2, 0.25) is 16.9 Å². The molecule has 2 N–H and O–H groups in total. The molecule has 8 nitrogen and oxygen atoms in total. The van der Waals surface area contributed by atoms with Crippen LogP contribution < -0.4 is 16.6 Å². The molecule has 0 unspecified atom stereocenters. The Morgan fingerprint density at radius 1 is 1.15 bits per heavy atom. The number of carbonyl (C=O) groups excluding carboxylic acids is 1. The van der Waals surface area contributed by atoms with Gasteiger partial charge in [-0.05, 0) is 18.2 Å². The highest BCUT2D eigenvalue weighted by Crippen LogP contribution is 2.27. The lowest BCUT2D eigenvalue weighted by molar-refractivity contribution is -0.116. The summed E-state index contributed by atoms with van der Waals surface area (Å²) in [7, 11) is 0. The molecule has 3 rings (SSSR count). The first-order valence-corrected chi connectivity index (χ1v) is 7.73. The third-order valence-electron chi connectivity index (χ3n) is 3.12. The van der Waals surface area contributed by atoms with Crippen LogP contribution in [0.15, 0.2) is 34.0 Å². The molecule has 0 saturated carbocycles. The number of benzene rings is 1. The Labute approximate surface area is 146 Å². The number of hydrogen-bond donors (Lipinski definition) is 2. The molecule has 1 aromatic carbocycles. The van der Waals surface area contributed by atoms with Crippen LogP contribution in [0.5, 0.6) is 0 Å². The molecule has 2 heterocycles. The predicted molar refractivity (Wildman–Crippen MR) is 85.2 cm³/mol. The number of nitrogens with one attached hydrogen (secondary N) is 2. The monoisotopic (exact) mass is 383 g/mol. The summed E-state index contributed by atoms with van der Waals surface area (Å²) in [5.41, 5.74) is -1.88. The smallest absolute Gasteiger partial charge is 0.299 e. The highest BCUT2D eigenvalue weighted by molar-refractivity contribution is 7.18. The first-order chi connectivity index (χ1) is 12.3. The van der Waals surface area contributed by atoms with Gasteiger partial charge in [-0.25, -0.2) is 13.6 Å². The number of aromatic nitrogens is 4. The first kappa shape index (κ1) is 17.5. The van der Waals surface area contributed by atoms with Crippen LogP contribution in [0.3, 0.4) is 0 Å². The lowest BCUT2D eigenvalue weighted by Crippen LogP contribution is -2.34. The number of anilines is 1. The average Bonchev–Trinajstić information content (AvgIpc) is 3.03. The van der Waals surface area contributed by atoms with Gasteiger partial charge in [0.25, 0.3) is 5.56 Å². The summed E-state index contributed by atoms with van der Waals surface area (Å²) in [6, 6.07) is 3.17. The van der Waals surface area contributed by atoms with Gasteiger partial charge in [0.15, 0.2) is 11.6 Å². The van der Waals surface area contributed by atoms with E-state index in [0.717, 1.165) is 23.5 Å². The quantitative estimate of drug-likeness (QED) is 0.701. The van der Waals surface area contributed by atoms with Crippen molar-refractivity contribution in [3.8, 4) is 10.6 Å². The van der Waals surface area contributed by atoms with Crippen LogP contribution in [0, 0.1) is 17.5 Å². The number of nitrogens with zero attached hydrogens (tertiary/aromatic N) is 3. The van der Waals surface area contributed by atoms with Crippen LogP contribution in [0.4, 0.5) is 18.3 Å². The summed E-state index contributed by atoms with van der Waals surface area (Å²) < 4.78 is 40.0. The first-order valence-electron chi connectivity index (χ1n) is 6.91. The molecule has 0 bridgehead atoms. The largest absolute Gasteiger partial charge is 0.328 e. The molecule has 12 heteroatoms. The SMILES string of the molecule is O=C(Cn1cc(F)c(=O)[nH]c1=O)Nc1nnc(-c2ccc(F)c(F)c2)s1. The van der Waals surface area contributed by atoms with Crippen molar-refractivity contribution < 1.29 is 18.0 Å². The molecule has 0 aliphatic rings. The standard InChI is InChI=1S/C14H8F3N5O3S/c15-7-2-1-6(3-8(7)16)12-20-21-13(26-12)18-10(23)5-22-4-9(17)11(24)19-14(22)25/h1-4H,5H2,(H,18,21,23)(H,19,24,25). The molecule has 3 aromatic rings. The van der Waals surface area contributed by atoms with E-state index in [1.54, 1.807) is 4.98 Å². The summed E-state index contributed by atoms with van der Waals surface area (Å²) in [5, 5.41) is 10.0. The van der Waals surface area contributed by atoms with E-state index in [2.05, 4.69) is 15.5 Å². The van der Waals surface area contributed by atoms with E-state index in [9.17, 15) is 27.6 Å². The zero-order valence-electron chi connectivity index (χ0n) is 12.6. The van der Waals surface area contributed by atoms with E-state index < -0.39 is 41.2 Å². The van der Waals surface area contributed by atoms with Crippen molar-refractivity contribution in [2.45, 2.75) is 6.54 Å². The van der Waals surface area contributed by atoms with Gasteiger partial charge in [0.1, 0.15) is 11.6 Å². The zero-order chi connectivity index (χ0) is 18.8. The molecule has 134 valence electrons. The number of hydrogen-bond acceptors (Lipinski definition) is 6. The summed E-state index contributed by atoms with van der Waals surface area (Å²) in [4.78, 5) is 36.1. The van der Waals surface area contributed by atoms with Gasteiger partial charge in [-0.3, -0.25) is 24.5 Å². The van der Waals surface area contributed by atoms with Crippen molar-refractivity contribution >= 4 is 22.4 Å². The van der Waals surface area contributed by atoms with E-state index in [4.69, 9.17) is 0 Å². The molecule has 2 aromatic heterocycles. The fourth-order valence-electron chi connectivity index (χ4n) is 1.93. The lowest BCUT2D eigenvalue weighted by Gasteiger charge is -2.04. The zero-order valence-corrected chi connectivity index (χ0v) is 13.4. The Morgan fingerprint density at radius 3 is 2.65 bits per heavy atom. The number of halogens is 3. The number of carbonyl (C=O) groups is 1. The van der Waals surface area contributed by atoms with Gasteiger partial charge in [-0.1, -0.05) is 11.3 Å². The van der Waals surface area contributed by atoms with Gasteiger partial charge in [-0.15, -0.1) is 10.2 Å². The molecule has 0 aliphatic heterocycles. The lowest BCUT2D eigenvalue weighted by atomic mass is 10.2. The van der Waals surface area contributed by atoms with Crippen LogP contribution in [0.1, 0.15) is 0 Å². The molecule has 0 fully saturated rings. The third kappa shape index (κ3) is 3.69. The molecule has 0 saturated heterocycles. The van der Waals surface area contributed by atoms with E-state index in [0.29, 0.717) is 10.8 Å². The highest BCUT2D eigenvalue weighted by atomic mass is 32.1. The average molecular weight is 383 g/mol. The highest BCUT2D eigenvalue weighted by Gasteiger charge is 2.13. The summed E-state index contributed by atoms with van der Waals surface area (Å²) in [6.45, 7) is -0.577. The fraction of sp³-hybridized carbons (Fsp3) is 0.0714. The van der Waals surface area contributed by atoms with E-state index in [1.807, 2.05) is 0 Å². The molecule has 0 radical (unpaired) electrons. The number of amides is 1. The molecule has 0 aliphatic carbocycles. The van der Waals surface area contributed by atoms with Crippen molar-refractivity contribution in [3.05, 3.63) is 62.7 Å². The van der Waals surface area contributed by atoms with E-state index in [1.165, 1.54) is 6.07 Å². The third-order valence-corrected chi connectivity index (χ3v) is 4.01. The maximum absolute atomic E-state index is 13.2. The second-order valence-corrected chi connectivity index (χ2v) is 5.93. The second kappa shape index (κ2) is 6.92. The van der Waals surface area contributed by atoms with Crippen LogP contribution in [-0.4, -0.2) is 25.7 Å². The van der Waals surface area contributed by atoms with Gasteiger partial charge >= 0.3 is 5.69 Å². The topological polar surface area (TPSA) is 110 Å². The number of H-pyrrole nitrogens is 1. The summed E-state index contributed by atoms with van der Waals surface area (Å²) >= 11 is 0.887. The number of rotatable bonds is 4. The Morgan fingerprint density at radius 2 is 1.92 bits per heavy atom. The van der Waals surface area contributed by atoms with Crippen LogP contribution in [0.25, 0.3) is 10.6 Å². The van der Waals surface area contributed by atoms with Gasteiger partial charge in [0.05, 0.1) is 6.20 Å². The Hall–Kier alpha value is -3.28. The van der Waals surface area contributed by atoms with Crippen LogP contribution in [0.2, 0.25) is 0 Å². The normalized spacial score (nSPS) is 10.7. The van der Waals surface area contributed by atoms with E-state index in [-0.39, 0.29) is 15.7 Å². The minimum Gasteiger partial charge on any atom is -0.299 e. The summed E-state index contributed by atoms with van der Waals surface area (Å²) in [6.07, 6.45) is 0.605. The van der Waals surface area contributed by atoms with Crippen molar-refractivity contribution in [1.29, 1.82) is 0 Å². The van der Waals surface area contributed by atoms with Gasteiger partial charge < -0.3 is 0 Å². The fourth-order valence-corrected chi connectivity index (χ4v) is 2.69. The number of aromatic amines is 1. The van der Waals surface area contributed by atoms with Gasteiger partial charge in [-0.2, -0.15) is 4.39 Å². The van der Waals surface area contributed by atoms with Crippen LogP contribution in [-0.2, 0) is 11.3 Å². The van der Waals surface area contributed by atoms with Gasteiger partial charge in [0, 0.05) is 5.56 Å². The summed E-state index contributed by atoms with van der Waals surface area (Å²) in [5.74, 6) is -4.01. The molecule has 26 heavy (non-hydrogen) atoms. The Balaban J connectivity index is 1.74. The molecule has 1 amide bonds. The molecular formula is C14H8F3N5O3S.